The number of hydrogen-bond acceptors (Lipinski definition) is 4. The molecule has 0 radical (unpaired) electrons. The molecule has 5 heteroatoms. The number of nitrogens with two attached hydrogens (primary N) is 1. The fourth-order valence-electron chi connectivity index (χ4n) is 2.26. The van der Waals surface area contributed by atoms with Crippen LogP contribution >= 0.6 is 0 Å². The van der Waals surface area contributed by atoms with Gasteiger partial charge in [-0.05, 0) is 43.7 Å². The largest absolute Gasteiger partial charge is 0.508 e. The van der Waals surface area contributed by atoms with Gasteiger partial charge in [0.15, 0.2) is 0 Å². The van der Waals surface area contributed by atoms with Crippen LogP contribution in [0.1, 0.15) is 38.7 Å². The van der Waals surface area contributed by atoms with Gasteiger partial charge in [-0.2, -0.15) is 0 Å². The first-order valence-corrected chi connectivity index (χ1v) is 6.79. The molecule has 0 aliphatic carbocycles. The van der Waals surface area contributed by atoms with Crippen LogP contribution in [-0.4, -0.2) is 26.8 Å². The third-order valence-electron chi connectivity index (χ3n) is 3.67. The summed E-state index contributed by atoms with van der Waals surface area (Å²) in [7, 11) is 0. The number of aromatic hydroxyl groups is 2. The maximum Gasteiger partial charge on any atom is 0.323 e. The highest BCUT2D eigenvalue weighted by molar-refractivity contribution is 5.77. The molecule has 0 aliphatic heterocycles. The topological polar surface area (TPSA) is 104 Å². The minimum Gasteiger partial charge on any atom is -0.508 e. The molecule has 5 N–H and O–H groups in total. The van der Waals surface area contributed by atoms with E-state index in [4.69, 9.17) is 10.8 Å². The SMILES string of the molecule is CCC(CCc1ccc(O)cc1O)CC(C)(N)C(=O)O. The first kappa shape index (κ1) is 16.3. The Morgan fingerprint density at radius 2 is 2.05 bits per heavy atom. The van der Waals surface area contributed by atoms with Crippen molar-refractivity contribution in [3.8, 4) is 11.5 Å². The second-order valence-corrected chi connectivity index (χ2v) is 5.55. The second kappa shape index (κ2) is 6.61. The fourth-order valence-corrected chi connectivity index (χ4v) is 2.26. The number of carboxylic acid groups (broad SMARTS) is 1. The number of phenolic OH excluding ortho intramolecular Hbond substituents is 2. The van der Waals surface area contributed by atoms with E-state index >= 15 is 0 Å². The van der Waals surface area contributed by atoms with Gasteiger partial charge in [0.1, 0.15) is 17.0 Å². The number of rotatable bonds is 7. The van der Waals surface area contributed by atoms with Crippen LogP contribution < -0.4 is 5.73 Å². The molecule has 0 bridgehead atoms. The van der Waals surface area contributed by atoms with E-state index in [9.17, 15) is 15.0 Å². The van der Waals surface area contributed by atoms with Gasteiger partial charge in [-0.25, -0.2) is 0 Å². The molecule has 5 nitrogen and oxygen atoms in total. The molecule has 0 aromatic heterocycles. The third kappa shape index (κ3) is 4.42. The predicted molar refractivity (Wildman–Crippen MR) is 76.7 cm³/mol. The molecular formula is C15H23NO4. The van der Waals surface area contributed by atoms with E-state index in [-0.39, 0.29) is 17.4 Å². The smallest absolute Gasteiger partial charge is 0.323 e. The molecule has 1 rings (SSSR count). The summed E-state index contributed by atoms with van der Waals surface area (Å²) >= 11 is 0. The molecule has 0 spiro atoms. The summed E-state index contributed by atoms with van der Waals surface area (Å²) in [6, 6.07) is 4.51. The maximum absolute atomic E-state index is 11.0. The van der Waals surface area contributed by atoms with Gasteiger partial charge in [-0.1, -0.05) is 19.4 Å². The second-order valence-electron chi connectivity index (χ2n) is 5.55. The van der Waals surface area contributed by atoms with Crippen LogP contribution in [0.3, 0.4) is 0 Å². The normalized spacial score (nSPS) is 15.6. The van der Waals surface area contributed by atoms with Crippen molar-refractivity contribution >= 4 is 5.97 Å². The number of phenols is 2. The Morgan fingerprint density at radius 3 is 2.55 bits per heavy atom. The summed E-state index contributed by atoms with van der Waals surface area (Å²) in [4.78, 5) is 11.0. The number of aliphatic carboxylic acids is 1. The summed E-state index contributed by atoms with van der Waals surface area (Å²) in [5.74, 6) is -0.731. The Labute approximate surface area is 119 Å². The summed E-state index contributed by atoms with van der Waals surface area (Å²) in [5.41, 5.74) is 5.29. The van der Waals surface area contributed by atoms with Crippen molar-refractivity contribution in [3.63, 3.8) is 0 Å². The average molecular weight is 281 g/mol. The molecule has 20 heavy (non-hydrogen) atoms. The minimum atomic E-state index is -1.22. The zero-order valence-corrected chi connectivity index (χ0v) is 12.0. The van der Waals surface area contributed by atoms with E-state index in [0.717, 1.165) is 18.4 Å². The van der Waals surface area contributed by atoms with E-state index in [1.165, 1.54) is 19.1 Å². The molecule has 0 aliphatic rings. The fraction of sp³-hybridized carbons (Fsp3) is 0.533. The first-order valence-electron chi connectivity index (χ1n) is 6.79. The molecule has 0 amide bonds. The highest BCUT2D eigenvalue weighted by Gasteiger charge is 2.30. The predicted octanol–water partition coefficient (Wildman–Crippen LogP) is 2.25. The Hall–Kier alpha value is -1.75. The Bertz CT molecular complexity index is 471. The van der Waals surface area contributed by atoms with Crippen molar-refractivity contribution < 1.29 is 20.1 Å². The van der Waals surface area contributed by atoms with Gasteiger partial charge in [0.2, 0.25) is 0 Å². The molecule has 2 atom stereocenters. The summed E-state index contributed by atoms with van der Waals surface area (Å²) in [6.07, 6.45) is 2.60. The van der Waals surface area contributed by atoms with Crippen molar-refractivity contribution in [2.24, 2.45) is 11.7 Å². The number of benzene rings is 1. The summed E-state index contributed by atoms with van der Waals surface area (Å²) in [5, 5.41) is 28.0. The van der Waals surface area contributed by atoms with Crippen molar-refractivity contribution in [3.05, 3.63) is 23.8 Å². The van der Waals surface area contributed by atoms with Crippen LogP contribution in [0.4, 0.5) is 0 Å². The lowest BCUT2D eigenvalue weighted by molar-refractivity contribution is -0.143. The van der Waals surface area contributed by atoms with Crippen molar-refractivity contribution in [2.75, 3.05) is 0 Å². The minimum absolute atomic E-state index is 0.0266. The number of carbonyl (C=O) groups is 1. The molecule has 1 aromatic carbocycles. The highest BCUT2D eigenvalue weighted by atomic mass is 16.4. The molecule has 1 aromatic rings. The first-order chi connectivity index (χ1) is 9.26. The Kier molecular flexibility index (Phi) is 5.39. The van der Waals surface area contributed by atoms with Gasteiger partial charge >= 0.3 is 5.97 Å². The van der Waals surface area contributed by atoms with Crippen molar-refractivity contribution in [1.82, 2.24) is 0 Å². The molecule has 0 fully saturated rings. The molecule has 0 saturated carbocycles. The van der Waals surface area contributed by atoms with Gasteiger partial charge in [0.25, 0.3) is 0 Å². The van der Waals surface area contributed by atoms with Crippen LogP contribution in [0.2, 0.25) is 0 Å². The van der Waals surface area contributed by atoms with E-state index in [0.29, 0.717) is 12.8 Å². The van der Waals surface area contributed by atoms with Crippen LogP contribution in [-0.2, 0) is 11.2 Å². The molecular weight excluding hydrogens is 258 g/mol. The van der Waals surface area contributed by atoms with Crippen molar-refractivity contribution in [1.29, 1.82) is 0 Å². The number of hydrogen-bond donors (Lipinski definition) is 4. The molecule has 112 valence electrons. The van der Waals surface area contributed by atoms with Gasteiger partial charge < -0.3 is 21.1 Å². The number of aryl methyl sites for hydroxylation is 1. The average Bonchev–Trinajstić information content (AvgIpc) is 2.35. The standard InChI is InChI=1S/C15H23NO4/c1-3-10(9-15(2,16)14(19)20)4-5-11-6-7-12(17)8-13(11)18/h6-8,10,17-18H,3-5,9,16H2,1-2H3,(H,19,20). The lowest BCUT2D eigenvalue weighted by Gasteiger charge is -2.25. The van der Waals surface area contributed by atoms with E-state index in [2.05, 4.69) is 0 Å². The highest BCUT2D eigenvalue weighted by Crippen LogP contribution is 2.27. The number of carboxylic acids is 1. The third-order valence-corrected chi connectivity index (χ3v) is 3.67. The Morgan fingerprint density at radius 1 is 1.40 bits per heavy atom. The van der Waals surface area contributed by atoms with Crippen LogP contribution in [0.5, 0.6) is 11.5 Å². The Balaban J connectivity index is 2.64. The molecule has 2 unspecified atom stereocenters. The lowest BCUT2D eigenvalue weighted by atomic mass is 9.84. The van der Waals surface area contributed by atoms with E-state index < -0.39 is 11.5 Å². The summed E-state index contributed by atoms with van der Waals surface area (Å²) < 4.78 is 0. The van der Waals surface area contributed by atoms with E-state index in [1.807, 2.05) is 6.92 Å². The zero-order valence-electron chi connectivity index (χ0n) is 12.0. The quantitative estimate of drug-likeness (QED) is 0.613. The van der Waals surface area contributed by atoms with Crippen LogP contribution in [0.15, 0.2) is 18.2 Å². The summed E-state index contributed by atoms with van der Waals surface area (Å²) in [6.45, 7) is 3.52. The van der Waals surface area contributed by atoms with Gasteiger partial charge in [-0.15, -0.1) is 0 Å². The molecule has 0 saturated heterocycles. The van der Waals surface area contributed by atoms with Gasteiger partial charge in [0, 0.05) is 6.07 Å². The zero-order chi connectivity index (χ0) is 15.3. The molecule has 0 heterocycles. The van der Waals surface area contributed by atoms with Gasteiger partial charge in [0.05, 0.1) is 0 Å². The lowest BCUT2D eigenvalue weighted by Crippen LogP contribution is -2.46. The maximum atomic E-state index is 11.0. The van der Waals surface area contributed by atoms with Crippen molar-refractivity contribution in [2.45, 2.75) is 45.1 Å². The van der Waals surface area contributed by atoms with Crippen LogP contribution in [0.25, 0.3) is 0 Å². The van der Waals surface area contributed by atoms with Crippen LogP contribution in [0, 0.1) is 5.92 Å². The monoisotopic (exact) mass is 281 g/mol. The van der Waals surface area contributed by atoms with E-state index in [1.54, 1.807) is 6.07 Å². The van der Waals surface area contributed by atoms with Gasteiger partial charge in [-0.3, -0.25) is 4.79 Å².